The summed E-state index contributed by atoms with van der Waals surface area (Å²) in [6.45, 7) is 7.41. The van der Waals surface area contributed by atoms with Crippen LogP contribution in [0.2, 0.25) is 0 Å². The molecule has 3 rings (SSSR count). The first-order valence-electron chi connectivity index (χ1n) is 9.05. The largest absolute Gasteiger partial charge is 0.449 e. The molecule has 6 heteroatoms. The van der Waals surface area contributed by atoms with Gasteiger partial charge in [0, 0.05) is 16.9 Å². The molecule has 1 heterocycles. The number of carbonyl (C=O) groups excluding carboxylic acids is 2. The Bertz CT molecular complexity index is 969. The number of amides is 1. The molecule has 1 atom stereocenters. The summed E-state index contributed by atoms with van der Waals surface area (Å²) < 4.78 is 5.29. The molecule has 0 radical (unpaired) electrons. The van der Waals surface area contributed by atoms with Gasteiger partial charge in [-0.2, -0.15) is 0 Å². The van der Waals surface area contributed by atoms with Crippen LogP contribution in [0.5, 0.6) is 0 Å². The highest BCUT2D eigenvalue weighted by Crippen LogP contribution is 2.19. The Kier molecular flexibility index (Phi) is 5.59. The van der Waals surface area contributed by atoms with Crippen molar-refractivity contribution in [1.82, 2.24) is 9.97 Å². The van der Waals surface area contributed by atoms with Crippen LogP contribution >= 0.6 is 0 Å². The monoisotopic (exact) mass is 377 g/mol. The number of aryl methyl sites for hydroxylation is 3. The molecule has 0 aliphatic heterocycles. The third-order valence-electron chi connectivity index (χ3n) is 4.49. The van der Waals surface area contributed by atoms with Gasteiger partial charge < -0.3 is 15.0 Å². The van der Waals surface area contributed by atoms with Crippen molar-refractivity contribution in [3.8, 4) is 11.4 Å². The molecule has 1 amide bonds. The standard InChI is InChI=1S/C22H23N3O3/c1-13-5-11-19(12-6-13)25-21(26)16(4)28-22(27)18-9-7-17(8-10-18)20-23-14(2)15(3)24-20/h5-12,16H,1-4H3,(H,23,24)(H,25,26). The lowest BCUT2D eigenvalue weighted by Gasteiger charge is -2.14. The first-order chi connectivity index (χ1) is 13.3. The molecule has 0 aliphatic carbocycles. The van der Waals surface area contributed by atoms with E-state index in [2.05, 4.69) is 15.3 Å². The lowest BCUT2D eigenvalue weighted by atomic mass is 10.1. The van der Waals surface area contributed by atoms with E-state index in [9.17, 15) is 9.59 Å². The minimum atomic E-state index is -0.913. The van der Waals surface area contributed by atoms with E-state index >= 15 is 0 Å². The van der Waals surface area contributed by atoms with Crippen molar-refractivity contribution in [2.24, 2.45) is 0 Å². The van der Waals surface area contributed by atoms with E-state index in [4.69, 9.17) is 4.74 Å². The summed E-state index contributed by atoms with van der Waals surface area (Å²) in [6.07, 6.45) is -0.913. The fourth-order valence-electron chi connectivity index (χ4n) is 2.61. The number of aromatic amines is 1. The zero-order valence-corrected chi connectivity index (χ0v) is 16.4. The summed E-state index contributed by atoms with van der Waals surface area (Å²) >= 11 is 0. The Hall–Kier alpha value is -3.41. The molecular formula is C22H23N3O3. The van der Waals surface area contributed by atoms with Gasteiger partial charge in [-0.05, 0) is 52.0 Å². The molecule has 1 unspecified atom stereocenters. The van der Waals surface area contributed by atoms with E-state index in [1.807, 2.05) is 32.9 Å². The fraction of sp³-hybridized carbons (Fsp3) is 0.227. The second kappa shape index (κ2) is 8.08. The van der Waals surface area contributed by atoms with Crippen LogP contribution < -0.4 is 5.32 Å². The Morgan fingerprint density at radius 2 is 1.64 bits per heavy atom. The predicted octanol–water partition coefficient (Wildman–Crippen LogP) is 4.19. The van der Waals surface area contributed by atoms with Gasteiger partial charge >= 0.3 is 5.97 Å². The molecule has 6 nitrogen and oxygen atoms in total. The summed E-state index contributed by atoms with van der Waals surface area (Å²) in [6, 6.07) is 14.3. The van der Waals surface area contributed by atoms with Gasteiger partial charge in [-0.15, -0.1) is 0 Å². The summed E-state index contributed by atoms with van der Waals surface area (Å²) in [5, 5.41) is 2.74. The molecule has 0 aliphatic rings. The average Bonchev–Trinajstić information content (AvgIpc) is 3.02. The highest BCUT2D eigenvalue weighted by molar-refractivity contribution is 5.97. The fourth-order valence-corrected chi connectivity index (χ4v) is 2.61. The van der Waals surface area contributed by atoms with Gasteiger partial charge in [0.1, 0.15) is 5.82 Å². The van der Waals surface area contributed by atoms with Gasteiger partial charge in [-0.1, -0.05) is 29.8 Å². The van der Waals surface area contributed by atoms with Gasteiger partial charge in [0.25, 0.3) is 5.91 Å². The summed E-state index contributed by atoms with van der Waals surface area (Å²) in [7, 11) is 0. The van der Waals surface area contributed by atoms with Gasteiger partial charge in [0.15, 0.2) is 6.10 Å². The zero-order valence-electron chi connectivity index (χ0n) is 16.4. The topological polar surface area (TPSA) is 84.1 Å². The number of rotatable bonds is 5. The first kappa shape index (κ1) is 19.4. The Morgan fingerprint density at radius 3 is 2.21 bits per heavy atom. The maximum atomic E-state index is 12.3. The van der Waals surface area contributed by atoms with Crippen LogP contribution in [0.3, 0.4) is 0 Å². The van der Waals surface area contributed by atoms with Crippen LogP contribution in [-0.4, -0.2) is 27.9 Å². The molecule has 1 aromatic heterocycles. The molecule has 144 valence electrons. The van der Waals surface area contributed by atoms with Crippen molar-refractivity contribution < 1.29 is 14.3 Å². The Labute approximate surface area is 164 Å². The average molecular weight is 377 g/mol. The highest BCUT2D eigenvalue weighted by Gasteiger charge is 2.19. The highest BCUT2D eigenvalue weighted by atomic mass is 16.5. The van der Waals surface area contributed by atoms with E-state index in [1.165, 1.54) is 0 Å². The Morgan fingerprint density at radius 1 is 1.00 bits per heavy atom. The van der Waals surface area contributed by atoms with Crippen LogP contribution in [0.25, 0.3) is 11.4 Å². The van der Waals surface area contributed by atoms with E-state index in [0.717, 1.165) is 28.3 Å². The molecule has 0 bridgehead atoms. The molecule has 28 heavy (non-hydrogen) atoms. The lowest BCUT2D eigenvalue weighted by molar-refractivity contribution is -0.123. The minimum Gasteiger partial charge on any atom is -0.449 e. The molecule has 0 saturated carbocycles. The van der Waals surface area contributed by atoms with E-state index in [0.29, 0.717) is 11.3 Å². The van der Waals surface area contributed by atoms with Gasteiger partial charge in [-0.25, -0.2) is 9.78 Å². The Balaban J connectivity index is 1.61. The van der Waals surface area contributed by atoms with E-state index < -0.39 is 12.1 Å². The van der Waals surface area contributed by atoms with Gasteiger partial charge in [0.05, 0.1) is 11.3 Å². The van der Waals surface area contributed by atoms with Crippen molar-refractivity contribution in [3.05, 3.63) is 71.0 Å². The third-order valence-corrected chi connectivity index (χ3v) is 4.49. The molecule has 2 N–H and O–H groups in total. The molecular weight excluding hydrogens is 354 g/mol. The molecule has 0 spiro atoms. The number of nitrogens with zero attached hydrogens (tertiary/aromatic N) is 1. The third kappa shape index (κ3) is 4.46. The van der Waals surface area contributed by atoms with Crippen molar-refractivity contribution in [2.45, 2.75) is 33.8 Å². The summed E-state index contributed by atoms with van der Waals surface area (Å²) in [5.41, 5.74) is 4.95. The maximum absolute atomic E-state index is 12.3. The number of anilines is 1. The zero-order chi connectivity index (χ0) is 20.3. The number of H-pyrrole nitrogens is 1. The van der Waals surface area contributed by atoms with Crippen molar-refractivity contribution >= 4 is 17.6 Å². The second-order valence-corrected chi connectivity index (χ2v) is 6.78. The number of aromatic nitrogens is 2. The van der Waals surface area contributed by atoms with Crippen LogP contribution in [0.15, 0.2) is 48.5 Å². The van der Waals surface area contributed by atoms with Gasteiger partial charge in [0.2, 0.25) is 0 Å². The summed E-state index contributed by atoms with van der Waals surface area (Å²) in [5.74, 6) is -0.180. The van der Waals surface area contributed by atoms with Crippen LogP contribution in [0.1, 0.15) is 34.2 Å². The lowest BCUT2D eigenvalue weighted by Crippen LogP contribution is -2.30. The number of carbonyl (C=O) groups is 2. The van der Waals surface area contributed by atoms with Crippen molar-refractivity contribution in [3.63, 3.8) is 0 Å². The van der Waals surface area contributed by atoms with Crippen molar-refractivity contribution in [2.75, 3.05) is 5.32 Å². The van der Waals surface area contributed by atoms with Crippen LogP contribution in [0.4, 0.5) is 5.69 Å². The van der Waals surface area contributed by atoms with E-state index in [1.54, 1.807) is 43.3 Å². The molecule has 2 aromatic carbocycles. The smallest absolute Gasteiger partial charge is 0.338 e. The van der Waals surface area contributed by atoms with Crippen LogP contribution in [-0.2, 0) is 9.53 Å². The van der Waals surface area contributed by atoms with E-state index in [-0.39, 0.29) is 5.91 Å². The number of imidazole rings is 1. The number of ether oxygens (including phenoxy) is 1. The summed E-state index contributed by atoms with van der Waals surface area (Å²) in [4.78, 5) is 32.2. The molecule has 0 fully saturated rings. The maximum Gasteiger partial charge on any atom is 0.338 e. The minimum absolute atomic E-state index is 0.374. The number of benzene rings is 2. The molecule has 0 saturated heterocycles. The van der Waals surface area contributed by atoms with Gasteiger partial charge in [-0.3, -0.25) is 4.79 Å². The number of hydrogen-bond acceptors (Lipinski definition) is 4. The van der Waals surface area contributed by atoms with Crippen LogP contribution in [0, 0.1) is 20.8 Å². The first-order valence-corrected chi connectivity index (χ1v) is 9.05. The molecule has 3 aromatic rings. The second-order valence-electron chi connectivity index (χ2n) is 6.78. The number of nitrogens with one attached hydrogen (secondary N) is 2. The number of esters is 1. The normalized spacial score (nSPS) is 11.7. The predicted molar refractivity (Wildman–Crippen MR) is 108 cm³/mol. The SMILES string of the molecule is Cc1ccc(NC(=O)C(C)OC(=O)c2ccc(-c3nc(C)c(C)[nH]3)cc2)cc1. The number of hydrogen-bond donors (Lipinski definition) is 2. The quantitative estimate of drug-likeness (QED) is 0.653. The van der Waals surface area contributed by atoms with Crippen molar-refractivity contribution in [1.29, 1.82) is 0 Å².